The molecule has 0 unspecified atom stereocenters. The number of nitrogens with two attached hydrogens (primary N) is 5. The van der Waals surface area contributed by atoms with Gasteiger partial charge in [-0.25, -0.2) is 24.3 Å². The Morgan fingerprint density at radius 3 is 1.12 bits per heavy atom. The minimum absolute atomic E-state index is 0.00975. The first-order valence-electron chi connectivity index (χ1n) is 44.1. The largest absolute Gasteiger partial charge is 0.493 e. The average molecular weight is 1640 g/mol. The summed E-state index contributed by atoms with van der Waals surface area (Å²) >= 11 is 0. The molecule has 8 aromatic rings. The SMILES string of the molecule is C[C@@H]1CCC2(CCN(c3nc4c(c(=O)n3C)C(c3ccc(F)cc3)=NC4)CC2)[C@@H]1N.C[C@@H]1CCC2(CCN(c3nc4c(c(=O)n3C)C(c3ccc5c(c3)CCO5)=NC4)CC2)[C@@H]1N.C[C@@H]1CCC2(CCN(c3nc4c(c(=O)n3C)C(c3cccc(N)c3)=NC4)CC2)[C@@H]1N.C[C@H]1C[C@@H](N)C2(CCN(c3nc4c(c(=O)n3C)C(c3ccncc3)=NC4)CC2)C1. The molecule has 0 bridgehead atoms. The van der Waals surface area contributed by atoms with Crippen LogP contribution in [0.4, 0.5) is 33.9 Å². The van der Waals surface area contributed by atoms with Gasteiger partial charge in [-0.1, -0.05) is 39.8 Å². The normalized spacial score (nSPS) is 25.2. The van der Waals surface area contributed by atoms with E-state index in [0.29, 0.717) is 107 Å². The Balaban J connectivity index is 0.000000111. The molecule has 3 aromatic carbocycles. The zero-order valence-corrected chi connectivity index (χ0v) is 71.4. The van der Waals surface area contributed by atoms with E-state index in [1.165, 1.54) is 62.6 Å². The second-order valence-electron chi connectivity index (χ2n) is 37.5. The molecule has 28 heteroatoms. The van der Waals surface area contributed by atoms with E-state index in [0.717, 1.165) is 198 Å². The lowest BCUT2D eigenvalue weighted by atomic mass is 9.73. The lowest BCUT2D eigenvalue weighted by molar-refractivity contribution is 0.185. The molecule has 4 saturated heterocycles. The molecule has 27 nitrogen and oxygen atoms in total. The van der Waals surface area contributed by atoms with Gasteiger partial charge in [-0.2, -0.15) is 0 Å². The van der Waals surface area contributed by atoms with Crippen LogP contribution in [-0.4, -0.2) is 149 Å². The molecule has 0 amide bonds. The van der Waals surface area contributed by atoms with Crippen LogP contribution in [0.2, 0.25) is 0 Å². The lowest BCUT2D eigenvalue weighted by Crippen LogP contribution is -2.49. The second-order valence-corrected chi connectivity index (χ2v) is 37.5. The summed E-state index contributed by atoms with van der Waals surface area (Å²) in [7, 11) is 7.25. The molecule has 4 spiro atoms. The summed E-state index contributed by atoms with van der Waals surface area (Å²) in [5.74, 6) is 6.11. The Labute approximate surface area is 706 Å². The van der Waals surface area contributed by atoms with Gasteiger partial charge in [0.2, 0.25) is 23.8 Å². The maximum Gasteiger partial charge on any atom is 0.264 e. The van der Waals surface area contributed by atoms with Crippen molar-refractivity contribution in [2.75, 3.05) is 84.3 Å². The number of hydrogen-bond acceptors (Lipinski definition) is 23. The van der Waals surface area contributed by atoms with Gasteiger partial charge in [-0.3, -0.25) is 62.4 Å². The molecule has 14 heterocycles. The highest BCUT2D eigenvalue weighted by Gasteiger charge is 2.51. The van der Waals surface area contributed by atoms with Crippen molar-refractivity contribution < 1.29 is 9.13 Å². The number of ether oxygens (including phenoxy) is 1. The van der Waals surface area contributed by atoms with Gasteiger partial charge in [-0.15, -0.1) is 0 Å². The van der Waals surface area contributed by atoms with E-state index in [9.17, 15) is 23.6 Å². The van der Waals surface area contributed by atoms with Crippen molar-refractivity contribution in [1.82, 2.24) is 43.2 Å². The van der Waals surface area contributed by atoms with Crippen LogP contribution in [0.25, 0.3) is 0 Å². The molecular weight excluding hydrogens is 1520 g/mol. The Hall–Kier alpha value is -10.4. The van der Waals surface area contributed by atoms with Gasteiger partial charge in [0.25, 0.3) is 22.2 Å². The molecule has 21 rings (SSSR count). The van der Waals surface area contributed by atoms with Gasteiger partial charge in [0.15, 0.2) is 0 Å². The fourth-order valence-corrected chi connectivity index (χ4v) is 23.0. The van der Waals surface area contributed by atoms with Crippen molar-refractivity contribution in [2.45, 2.75) is 187 Å². The smallest absolute Gasteiger partial charge is 0.264 e. The van der Waals surface area contributed by atoms with Crippen LogP contribution in [-0.2, 0) is 60.8 Å². The van der Waals surface area contributed by atoms with Gasteiger partial charge in [0.05, 0.1) is 101 Å². The van der Waals surface area contributed by atoms with Crippen molar-refractivity contribution >= 4 is 52.3 Å². The first kappa shape index (κ1) is 81.6. The molecule has 10 N–H and O–H groups in total. The van der Waals surface area contributed by atoms with E-state index in [4.69, 9.17) is 58.3 Å². The molecule has 4 saturated carbocycles. The number of rotatable bonds is 8. The Bertz CT molecular complexity index is 5740. The predicted octanol–water partition coefficient (Wildman–Crippen LogP) is 8.95. The number of aromatic nitrogens is 9. The number of piperidine rings is 4. The van der Waals surface area contributed by atoms with Crippen LogP contribution in [0.1, 0.15) is 203 Å². The number of aliphatic imine (C=N–C) groups is 4. The van der Waals surface area contributed by atoms with Crippen LogP contribution in [0.5, 0.6) is 5.75 Å². The number of hydrogen-bond donors (Lipinski definition) is 5. The Kier molecular flexibility index (Phi) is 21.6. The zero-order chi connectivity index (χ0) is 84.3. The molecule has 8 atom stereocenters. The third-order valence-corrected chi connectivity index (χ3v) is 30.7. The number of halogens is 1. The van der Waals surface area contributed by atoms with Gasteiger partial charge >= 0.3 is 0 Å². The predicted molar refractivity (Wildman–Crippen MR) is 473 cm³/mol. The van der Waals surface area contributed by atoms with Crippen molar-refractivity contribution in [2.24, 2.45) is 116 Å². The number of benzene rings is 3. The summed E-state index contributed by atoms with van der Waals surface area (Å²) in [6.45, 7) is 18.7. The van der Waals surface area contributed by atoms with E-state index >= 15 is 0 Å². The zero-order valence-electron chi connectivity index (χ0n) is 71.4. The maximum absolute atomic E-state index is 13.5. The molecule has 0 radical (unpaired) electrons. The summed E-state index contributed by atoms with van der Waals surface area (Å²) in [6.07, 6.45) is 22.5. The second kappa shape index (κ2) is 32.1. The third kappa shape index (κ3) is 14.5. The van der Waals surface area contributed by atoms with E-state index < -0.39 is 0 Å². The van der Waals surface area contributed by atoms with E-state index in [-0.39, 0.29) is 67.8 Å². The summed E-state index contributed by atoms with van der Waals surface area (Å²) in [4.78, 5) is 104. The van der Waals surface area contributed by atoms with Gasteiger partial charge in [0, 0.05) is 151 Å². The highest BCUT2D eigenvalue weighted by Crippen LogP contribution is 2.52. The van der Waals surface area contributed by atoms with Gasteiger partial charge < -0.3 is 53.0 Å². The molecule has 121 heavy (non-hydrogen) atoms. The standard InChI is InChI=1S/C25H31N5O2.C23H28FN5O.C23H30N6O.C22H28N6O/c1-15-5-7-25(22(15)26)8-10-30(11-9-25)24-28-18-14-27-21(20(18)23(31)29(24)2)17-3-4-19-16(13-17)6-12-32-19;1-14-7-8-23(20(14)25)9-11-29(12-10-23)22-27-17-13-26-19(18(17)21(30)28(22)2)15-3-5-16(24)6-4-15;1-14-6-7-23(20(14)25)8-10-29(11-9-23)22-27-17-13-26-19(18(17)21(30)28(22)2)15-4-3-5-16(24)12-15;1-14-11-17(23)22(12-14)5-9-28(10-6-22)21-26-16-13-25-19(15-3-7-24-8-4-15)18(16)20(29)27(21)2/h3-4,13,15,22H,5-12,14,26H2,1-2H3;3-6,14,20H,7-13,25H2,1-2H3;3-5,12,14,20H,6-11,13,24-25H2,1-2H3;3-4,7-8,14,17H,5-6,9-13,23H2,1-2H3/t15-,22-;2*14-,20-;14-,17+/m1110/s1. The Morgan fingerprint density at radius 1 is 0.421 bits per heavy atom. The minimum Gasteiger partial charge on any atom is -0.493 e. The van der Waals surface area contributed by atoms with Crippen LogP contribution in [0, 0.1) is 51.1 Å². The number of fused-ring (bicyclic) bond motifs is 5. The van der Waals surface area contributed by atoms with Gasteiger partial charge in [0.1, 0.15) is 11.6 Å². The number of nitrogens with zero attached hydrogens (tertiary/aromatic N) is 17. The molecular formula is C93H117FN22O5. The summed E-state index contributed by atoms with van der Waals surface area (Å²) < 4.78 is 25.6. The quantitative estimate of drug-likeness (QED) is 0.0886. The fraction of sp³-hybridized carbons (Fsp3) is 0.538. The summed E-state index contributed by atoms with van der Waals surface area (Å²) in [5.41, 5.74) is 46.6. The van der Waals surface area contributed by atoms with Crippen molar-refractivity contribution in [1.29, 1.82) is 0 Å². The average Bonchev–Trinajstić information content (AvgIpc) is 1.66. The van der Waals surface area contributed by atoms with Crippen LogP contribution >= 0.6 is 0 Å². The van der Waals surface area contributed by atoms with Crippen molar-refractivity contribution in [3.8, 4) is 5.75 Å². The maximum atomic E-state index is 13.5. The highest BCUT2D eigenvalue weighted by molar-refractivity contribution is 6.17. The molecule has 8 fully saturated rings. The topological polar surface area (TPSA) is 354 Å². The monoisotopic (exact) mass is 1640 g/mol. The summed E-state index contributed by atoms with van der Waals surface area (Å²) in [6, 6.07) is 24.6. The van der Waals surface area contributed by atoms with E-state index in [1.807, 2.05) is 69.7 Å². The first-order chi connectivity index (χ1) is 58.2. The molecule has 4 aliphatic carbocycles. The molecule has 636 valence electrons. The summed E-state index contributed by atoms with van der Waals surface area (Å²) in [5, 5.41) is 0. The van der Waals surface area contributed by atoms with Crippen LogP contribution < -0.4 is 75.2 Å². The fourth-order valence-electron chi connectivity index (χ4n) is 23.0. The van der Waals surface area contributed by atoms with E-state index in [2.05, 4.69) is 73.3 Å². The van der Waals surface area contributed by atoms with Crippen molar-refractivity contribution in [3.63, 3.8) is 0 Å². The number of pyridine rings is 1. The lowest BCUT2D eigenvalue weighted by Gasteiger charge is -2.43. The third-order valence-electron chi connectivity index (χ3n) is 30.7. The van der Waals surface area contributed by atoms with Crippen molar-refractivity contribution in [3.05, 3.63) is 211 Å². The van der Waals surface area contributed by atoms with Crippen LogP contribution in [0.3, 0.4) is 0 Å². The van der Waals surface area contributed by atoms with Gasteiger partial charge in [-0.05, 0) is 220 Å². The number of anilines is 5. The van der Waals surface area contributed by atoms with E-state index in [1.54, 1.807) is 49.8 Å². The highest BCUT2D eigenvalue weighted by atomic mass is 19.1. The Morgan fingerprint density at radius 2 is 0.769 bits per heavy atom. The first-order valence-corrected chi connectivity index (χ1v) is 44.1. The molecule has 9 aliphatic heterocycles. The van der Waals surface area contributed by atoms with Crippen LogP contribution in [0.15, 0.2) is 130 Å². The minimum atomic E-state index is -0.307. The molecule has 5 aromatic heterocycles. The molecule has 13 aliphatic rings. The number of nitrogen functional groups attached to an aromatic ring is 1.